The second-order valence-electron chi connectivity index (χ2n) is 5.86. The van der Waals surface area contributed by atoms with E-state index in [1.807, 2.05) is 30.3 Å². The van der Waals surface area contributed by atoms with Crippen molar-refractivity contribution >= 4 is 33.5 Å². The highest BCUT2D eigenvalue weighted by atomic mass is 32.1. The van der Waals surface area contributed by atoms with Crippen LogP contribution < -0.4 is 5.56 Å². The molecule has 27 heavy (non-hydrogen) atoms. The minimum Gasteiger partial charge on any atom is -0.465 e. The van der Waals surface area contributed by atoms with E-state index in [1.54, 1.807) is 6.92 Å². The van der Waals surface area contributed by atoms with Crippen molar-refractivity contribution in [2.24, 2.45) is 0 Å². The molecule has 3 aromatic rings. The second kappa shape index (κ2) is 8.13. The number of rotatable bonds is 6. The zero-order valence-corrected chi connectivity index (χ0v) is 15.7. The SMILES string of the molecule is COC(=O)c1sc2ncn(CC(=O)OCCc3ccccc3)c(=O)c2c1C. The maximum Gasteiger partial charge on any atom is 0.348 e. The van der Waals surface area contributed by atoms with Gasteiger partial charge in [0.05, 0.1) is 25.4 Å². The molecule has 7 nitrogen and oxygen atoms in total. The van der Waals surface area contributed by atoms with Crippen LogP contribution in [0.4, 0.5) is 0 Å². The number of fused-ring (bicyclic) bond motifs is 1. The monoisotopic (exact) mass is 386 g/mol. The lowest BCUT2D eigenvalue weighted by molar-refractivity contribution is -0.144. The van der Waals surface area contributed by atoms with Gasteiger partial charge in [-0.3, -0.25) is 14.2 Å². The highest BCUT2D eigenvalue weighted by Gasteiger charge is 2.20. The van der Waals surface area contributed by atoms with Gasteiger partial charge in [0.1, 0.15) is 16.3 Å². The van der Waals surface area contributed by atoms with E-state index in [9.17, 15) is 14.4 Å². The molecule has 0 fully saturated rings. The largest absolute Gasteiger partial charge is 0.465 e. The van der Waals surface area contributed by atoms with Crippen molar-refractivity contribution in [2.45, 2.75) is 19.9 Å². The molecular formula is C19H18N2O5S. The summed E-state index contributed by atoms with van der Waals surface area (Å²) in [4.78, 5) is 41.5. The Kier molecular flexibility index (Phi) is 5.66. The van der Waals surface area contributed by atoms with Gasteiger partial charge in [-0.15, -0.1) is 11.3 Å². The van der Waals surface area contributed by atoms with Gasteiger partial charge in [-0.1, -0.05) is 30.3 Å². The lowest BCUT2D eigenvalue weighted by Gasteiger charge is -2.07. The summed E-state index contributed by atoms with van der Waals surface area (Å²) in [7, 11) is 1.28. The normalized spacial score (nSPS) is 10.7. The Morgan fingerprint density at radius 2 is 1.96 bits per heavy atom. The number of carbonyl (C=O) groups excluding carboxylic acids is 2. The number of hydrogen-bond acceptors (Lipinski definition) is 7. The van der Waals surface area contributed by atoms with Gasteiger partial charge in [0.2, 0.25) is 0 Å². The summed E-state index contributed by atoms with van der Waals surface area (Å²) in [6, 6.07) is 9.67. The summed E-state index contributed by atoms with van der Waals surface area (Å²) < 4.78 is 11.1. The van der Waals surface area contributed by atoms with E-state index in [-0.39, 0.29) is 18.7 Å². The molecule has 1 aromatic carbocycles. The van der Waals surface area contributed by atoms with E-state index in [0.717, 1.165) is 16.9 Å². The number of carbonyl (C=O) groups is 2. The van der Waals surface area contributed by atoms with Crippen LogP contribution in [0.25, 0.3) is 10.2 Å². The van der Waals surface area contributed by atoms with Crippen molar-refractivity contribution in [3.05, 3.63) is 63.0 Å². The molecule has 0 unspecified atom stereocenters. The van der Waals surface area contributed by atoms with Crippen LogP contribution in [0.1, 0.15) is 20.8 Å². The fourth-order valence-electron chi connectivity index (χ4n) is 2.67. The third-order valence-electron chi connectivity index (χ3n) is 4.08. The molecule has 0 radical (unpaired) electrons. The zero-order valence-electron chi connectivity index (χ0n) is 14.9. The van der Waals surface area contributed by atoms with Crippen LogP contribution in [0.3, 0.4) is 0 Å². The zero-order chi connectivity index (χ0) is 19.4. The van der Waals surface area contributed by atoms with Crippen LogP contribution in [-0.4, -0.2) is 35.2 Å². The number of nitrogens with zero attached hydrogens (tertiary/aromatic N) is 2. The number of aryl methyl sites for hydroxylation is 1. The van der Waals surface area contributed by atoms with Gasteiger partial charge < -0.3 is 9.47 Å². The van der Waals surface area contributed by atoms with Crippen molar-refractivity contribution in [1.82, 2.24) is 9.55 Å². The topological polar surface area (TPSA) is 87.5 Å². The first-order valence-electron chi connectivity index (χ1n) is 8.27. The van der Waals surface area contributed by atoms with Gasteiger partial charge in [0.25, 0.3) is 5.56 Å². The third-order valence-corrected chi connectivity index (χ3v) is 5.26. The van der Waals surface area contributed by atoms with Crippen LogP contribution in [0.15, 0.2) is 41.5 Å². The summed E-state index contributed by atoms with van der Waals surface area (Å²) in [5.74, 6) is -1.03. The van der Waals surface area contributed by atoms with Crippen LogP contribution in [0, 0.1) is 6.92 Å². The molecule has 8 heteroatoms. The lowest BCUT2D eigenvalue weighted by Crippen LogP contribution is -2.26. The number of ether oxygens (including phenoxy) is 2. The van der Waals surface area contributed by atoms with E-state index in [4.69, 9.17) is 9.47 Å². The number of methoxy groups -OCH3 is 1. The molecule has 0 amide bonds. The van der Waals surface area contributed by atoms with Crippen molar-refractivity contribution in [3.8, 4) is 0 Å². The molecule has 0 bridgehead atoms. The maximum atomic E-state index is 12.7. The highest BCUT2D eigenvalue weighted by Crippen LogP contribution is 2.27. The van der Waals surface area contributed by atoms with E-state index in [0.29, 0.717) is 27.1 Å². The van der Waals surface area contributed by atoms with Gasteiger partial charge in [0.15, 0.2) is 0 Å². The Morgan fingerprint density at radius 3 is 2.67 bits per heavy atom. The van der Waals surface area contributed by atoms with E-state index in [2.05, 4.69) is 4.98 Å². The quantitative estimate of drug-likeness (QED) is 0.604. The van der Waals surface area contributed by atoms with Gasteiger partial charge >= 0.3 is 11.9 Å². The molecule has 0 saturated carbocycles. The average molecular weight is 386 g/mol. The molecule has 2 aromatic heterocycles. The van der Waals surface area contributed by atoms with Crippen LogP contribution in [0.5, 0.6) is 0 Å². The maximum absolute atomic E-state index is 12.7. The summed E-state index contributed by atoms with van der Waals surface area (Å²) in [6.45, 7) is 1.66. The van der Waals surface area contributed by atoms with Crippen molar-refractivity contribution < 1.29 is 19.1 Å². The summed E-state index contributed by atoms with van der Waals surface area (Å²) in [5, 5.41) is 0.319. The number of esters is 2. The van der Waals surface area contributed by atoms with Crippen molar-refractivity contribution in [1.29, 1.82) is 0 Å². The van der Waals surface area contributed by atoms with Gasteiger partial charge in [0, 0.05) is 6.42 Å². The van der Waals surface area contributed by atoms with Crippen LogP contribution >= 0.6 is 11.3 Å². The molecule has 3 rings (SSSR count). The minimum atomic E-state index is -0.518. The van der Waals surface area contributed by atoms with E-state index in [1.165, 1.54) is 18.0 Å². The fourth-order valence-corrected chi connectivity index (χ4v) is 3.73. The van der Waals surface area contributed by atoms with Gasteiger partial charge in [-0.2, -0.15) is 0 Å². The molecule has 2 heterocycles. The number of hydrogen-bond donors (Lipinski definition) is 0. The lowest BCUT2D eigenvalue weighted by atomic mass is 10.2. The first-order valence-corrected chi connectivity index (χ1v) is 9.09. The molecule has 0 spiro atoms. The average Bonchev–Trinajstić information content (AvgIpc) is 3.01. The Balaban J connectivity index is 1.72. The minimum absolute atomic E-state index is 0.233. The molecule has 140 valence electrons. The van der Waals surface area contributed by atoms with Crippen LogP contribution in [-0.2, 0) is 27.2 Å². The summed E-state index contributed by atoms with van der Waals surface area (Å²) in [5.41, 5.74) is 1.19. The standard InChI is InChI=1S/C19H18N2O5S/c1-12-15-17(27-16(12)19(24)25-2)20-11-21(18(15)23)10-14(22)26-9-8-13-6-4-3-5-7-13/h3-7,11H,8-10H2,1-2H3. The highest BCUT2D eigenvalue weighted by molar-refractivity contribution is 7.20. The Bertz CT molecular complexity index is 1040. The van der Waals surface area contributed by atoms with Crippen molar-refractivity contribution in [3.63, 3.8) is 0 Å². The fraction of sp³-hybridized carbons (Fsp3) is 0.263. The first kappa shape index (κ1) is 18.8. The van der Waals surface area contributed by atoms with E-state index < -0.39 is 11.9 Å². The molecule has 0 saturated heterocycles. The summed E-state index contributed by atoms with van der Waals surface area (Å²) in [6.07, 6.45) is 1.89. The number of thiophene rings is 1. The smallest absolute Gasteiger partial charge is 0.348 e. The molecule has 0 atom stereocenters. The van der Waals surface area contributed by atoms with Crippen LogP contribution in [0.2, 0.25) is 0 Å². The number of aromatic nitrogens is 2. The first-order chi connectivity index (χ1) is 13.0. The van der Waals surface area contributed by atoms with Crippen molar-refractivity contribution in [2.75, 3.05) is 13.7 Å². The molecular weight excluding hydrogens is 368 g/mol. The number of benzene rings is 1. The Labute approximate surface area is 159 Å². The molecule has 0 aliphatic carbocycles. The molecule has 0 aliphatic heterocycles. The molecule has 0 N–H and O–H groups in total. The Hall–Kier alpha value is -3.00. The predicted octanol–water partition coefficient (Wildman–Crippen LogP) is 2.34. The summed E-state index contributed by atoms with van der Waals surface area (Å²) >= 11 is 1.09. The molecule has 0 aliphatic rings. The third kappa shape index (κ3) is 4.06. The Morgan fingerprint density at radius 1 is 1.22 bits per heavy atom. The van der Waals surface area contributed by atoms with Gasteiger partial charge in [-0.05, 0) is 18.1 Å². The van der Waals surface area contributed by atoms with Gasteiger partial charge in [-0.25, -0.2) is 9.78 Å². The van der Waals surface area contributed by atoms with E-state index >= 15 is 0 Å². The predicted molar refractivity (Wildman–Crippen MR) is 101 cm³/mol. The second-order valence-corrected chi connectivity index (χ2v) is 6.86.